The van der Waals surface area contributed by atoms with E-state index in [4.69, 9.17) is 0 Å². The Labute approximate surface area is 119 Å². The largest absolute Gasteiger partial charge is 0.389 e. The average Bonchev–Trinajstić information content (AvgIpc) is 2.40. The van der Waals surface area contributed by atoms with Crippen molar-refractivity contribution < 1.29 is 18.1 Å². The van der Waals surface area contributed by atoms with Gasteiger partial charge in [-0.1, -0.05) is 6.92 Å². The van der Waals surface area contributed by atoms with Gasteiger partial charge < -0.3 is 10.6 Å². The van der Waals surface area contributed by atoms with E-state index in [9.17, 15) is 23.3 Å². The Balaban J connectivity index is 2.74. The molecule has 118 valence electrons. The van der Waals surface area contributed by atoms with Crippen molar-refractivity contribution in [2.24, 2.45) is 0 Å². The summed E-state index contributed by atoms with van der Waals surface area (Å²) in [6.45, 7) is 2.31. The lowest BCUT2D eigenvalue weighted by atomic mass is 10.3. The number of nitrogens with zero attached hydrogens (tertiary/aromatic N) is 3. The van der Waals surface area contributed by atoms with Gasteiger partial charge in [0.25, 0.3) is 0 Å². The number of nitrogens with one attached hydrogen (secondary N) is 2. The number of aromatic nitrogens is 2. The molecule has 0 aliphatic carbocycles. The number of nitro groups is 1. The molecule has 0 aliphatic rings. The lowest BCUT2D eigenvalue weighted by Crippen LogP contribution is -2.13. The van der Waals surface area contributed by atoms with Crippen molar-refractivity contribution in [2.75, 3.05) is 23.7 Å². The highest BCUT2D eigenvalue weighted by Crippen LogP contribution is 2.29. The molecule has 0 amide bonds. The van der Waals surface area contributed by atoms with Crippen LogP contribution in [0.2, 0.25) is 0 Å². The topological polar surface area (TPSA) is 93.0 Å². The van der Waals surface area contributed by atoms with Gasteiger partial charge in [-0.25, -0.2) is 9.97 Å². The van der Waals surface area contributed by atoms with Crippen molar-refractivity contribution in [3.8, 4) is 0 Å². The van der Waals surface area contributed by atoms with Crippen LogP contribution < -0.4 is 10.6 Å². The summed E-state index contributed by atoms with van der Waals surface area (Å²) in [5, 5.41) is 16.4. The molecule has 0 aliphatic heterocycles. The smallest absolute Gasteiger partial charge is 0.364 e. The van der Waals surface area contributed by atoms with Gasteiger partial charge in [-0.15, -0.1) is 0 Å². The van der Waals surface area contributed by atoms with Crippen LogP contribution in [-0.4, -0.2) is 34.2 Å². The van der Waals surface area contributed by atoms with Crippen LogP contribution in [0.15, 0.2) is 6.33 Å². The Morgan fingerprint density at radius 2 is 1.81 bits per heavy atom. The van der Waals surface area contributed by atoms with Crippen LogP contribution in [0, 0.1) is 10.1 Å². The van der Waals surface area contributed by atoms with Gasteiger partial charge in [0.15, 0.2) is 0 Å². The van der Waals surface area contributed by atoms with Crippen molar-refractivity contribution in [2.45, 2.75) is 32.4 Å². The molecule has 10 heteroatoms. The Morgan fingerprint density at radius 1 is 1.24 bits per heavy atom. The van der Waals surface area contributed by atoms with Crippen LogP contribution in [-0.2, 0) is 0 Å². The second kappa shape index (κ2) is 7.60. The van der Waals surface area contributed by atoms with E-state index in [1.165, 1.54) is 0 Å². The first-order chi connectivity index (χ1) is 9.85. The normalized spacial score (nSPS) is 11.2. The maximum absolute atomic E-state index is 12.0. The van der Waals surface area contributed by atoms with Crippen molar-refractivity contribution in [3.05, 3.63) is 16.4 Å². The van der Waals surface area contributed by atoms with Gasteiger partial charge in [0, 0.05) is 19.5 Å². The molecule has 1 heterocycles. The molecule has 0 atom stereocenters. The molecule has 0 saturated carbocycles. The minimum absolute atomic E-state index is 0.0511. The fraction of sp³-hybridized carbons (Fsp3) is 0.636. The second-order valence-electron chi connectivity index (χ2n) is 4.25. The fourth-order valence-corrected chi connectivity index (χ4v) is 1.55. The highest BCUT2D eigenvalue weighted by Gasteiger charge is 2.27. The highest BCUT2D eigenvalue weighted by molar-refractivity contribution is 5.69. The van der Waals surface area contributed by atoms with E-state index in [2.05, 4.69) is 20.6 Å². The zero-order chi connectivity index (χ0) is 15.9. The van der Waals surface area contributed by atoms with Gasteiger partial charge in [-0.05, 0) is 12.8 Å². The van der Waals surface area contributed by atoms with Gasteiger partial charge in [0.2, 0.25) is 11.6 Å². The highest BCUT2D eigenvalue weighted by atomic mass is 19.4. The first-order valence-electron chi connectivity index (χ1n) is 6.39. The standard InChI is InChI=1S/C11H16F3N5O2/c1-2-5-15-9-8(19(20)21)10(18-7-17-9)16-6-3-4-11(12,13)14/h7H,2-6H2,1H3,(H2,15,16,17,18). The number of anilines is 2. The molecule has 0 spiro atoms. The first kappa shape index (κ1) is 16.9. The summed E-state index contributed by atoms with van der Waals surface area (Å²) in [7, 11) is 0. The maximum atomic E-state index is 12.0. The molecule has 2 N–H and O–H groups in total. The molecule has 1 aromatic heterocycles. The summed E-state index contributed by atoms with van der Waals surface area (Å²) in [5.41, 5.74) is -0.363. The van der Waals surface area contributed by atoms with E-state index in [1.54, 1.807) is 0 Å². The van der Waals surface area contributed by atoms with Gasteiger partial charge >= 0.3 is 11.9 Å². The van der Waals surface area contributed by atoms with E-state index in [0.717, 1.165) is 12.7 Å². The Kier molecular flexibility index (Phi) is 6.12. The van der Waals surface area contributed by atoms with E-state index >= 15 is 0 Å². The zero-order valence-electron chi connectivity index (χ0n) is 11.4. The molecule has 0 aromatic carbocycles. The lowest BCUT2D eigenvalue weighted by Gasteiger charge is -2.10. The monoisotopic (exact) mass is 307 g/mol. The van der Waals surface area contributed by atoms with Crippen molar-refractivity contribution in [3.63, 3.8) is 0 Å². The summed E-state index contributed by atoms with van der Waals surface area (Å²) in [6.07, 6.45) is -3.53. The van der Waals surface area contributed by atoms with E-state index in [1.807, 2.05) is 6.92 Å². The molecule has 0 unspecified atom stereocenters. The molecule has 0 fully saturated rings. The number of alkyl halides is 3. The van der Waals surface area contributed by atoms with Crippen molar-refractivity contribution in [1.82, 2.24) is 9.97 Å². The van der Waals surface area contributed by atoms with Crippen LogP contribution in [0.5, 0.6) is 0 Å². The fourth-order valence-electron chi connectivity index (χ4n) is 1.55. The molecule has 0 saturated heterocycles. The van der Waals surface area contributed by atoms with Crippen LogP contribution in [0.4, 0.5) is 30.5 Å². The third-order valence-electron chi connectivity index (χ3n) is 2.48. The summed E-state index contributed by atoms with van der Waals surface area (Å²) >= 11 is 0. The van der Waals surface area contributed by atoms with Crippen LogP contribution in [0.25, 0.3) is 0 Å². The summed E-state index contributed by atoms with van der Waals surface area (Å²) in [4.78, 5) is 17.9. The minimum Gasteiger partial charge on any atom is -0.364 e. The SMILES string of the molecule is CCCNc1ncnc(NCCCC(F)(F)F)c1[N+](=O)[O-]. The summed E-state index contributed by atoms with van der Waals surface area (Å²) < 4.78 is 36.1. The first-order valence-corrected chi connectivity index (χ1v) is 6.39. The Morgan fingerprint density at radius 3 is 2.29 bits per heavy atom. The van der Waals surface area contributed by atoms with Crippen LogP contribution >= 0.6 is 0 Å². The summed E-state index contributed by atoms with van der Waals surface area (Å²) in [6, 6.07) is 0. The number of rotatable bonds is 8. The number of hydrogen-bond acceptors (Lipinski definition) is 6. The zero-order valence-corrected chi connectivity index (χ0v) is 11.4. The van der Waals surface area contributed by atoms with Gasteiger partial charge in [0.1, 0.15) is 6.33 Å². The number of hydrogen-bond donors (Lipinski definition) is 2. The van der Waals surface area contributed by atoms with E-state index in [0.29, 0.717) is 6.54 Å². The second-order valence-corrected chi connectivity index (χ2v) is 4.25. The molecule has 1 aromatic rings. The average molecular weight is 307 g/mol. The maximum Gasteiger partial charge on any atom is 0.389 e. The molecule has 1 rings (SSSR count). The quantitative estimate of drug-likeness (QED) is 0.436. The minimum atomic E-state index is -4.24. The predicted molar refractivity (Wildman–Crippen MR) is 71.2 cm³/mol. The van der Waals surface area contributed by atoms with Crippen molar-refractivity contribution in [1.29, 1.82) is 0 Å². The van der Waals surface area contributed by atoms with Gasteiger partial charge in [0.05, 0.1) is 4.92 Å². The summed E-state index contributed by atoms with van der Waals surface area (Å²) in [5.74, 6) is -0.0362. The third-order valence-corrected chi connectivity index (χ3v) is 2.48. The molecular formula is C11H16F3N5O2. The molecule has 21 heavy (non-hydrogen) atoms. The van der Waals surface area contributed by atoms with E-state index < -0.39 is 17.5 Å². The molecular weight excluding hydrogens is 291 g/mol. The Hall–Kier alpha value is -2.13. The number of halogens is 3. The van der Waals surface area contributed by atoms with Gasteiger partial charge in [-0.2, -0.15) is 13.2 Å². The van der Waals surface area contributed by atoms with Crippen molar-refractivity contribution >= 4 is 17.3 Å². The molecule has 7 nitrogen and oxygen atoms in total. The van der Waals surface area contributed by atoms with E-state index in [-0.39, 0.29) is 30.3 Å². The Bertz CT molecular complexity index is 481. The predicted octanol–water partition coefficient (Wildman–Crippen LogP) is 2.96. The molecule has 0 radical (unpaired) electrons. The van der Waals surface area contributed by atoms with Crippen LogP contribution in [0.1, 0.15) is 26.2 Å². The third kappa shape index (κ3) is 5.79. The van der Waals surface area contributed by atoms with Crippen LogP contribution in [0.3, 0.4) is 0 Å². The van der Waals surface area contributed by atoms with Gasteiger partial charge in [-0.3, -0.25) is 10.1 Å². The lowest BCUT2D eigenvalue weighted by molar-refractivity contribution is -0.383. The molecule has 0 bridgehead atoms.